The third kappa shape index (κ3) is 0.972. The fourth-order valence-corrected chi connectivity index (χ4v) is 0.693. The molecule has 0 unspecified atom stereocenters. The van der Waals surface area contributed by atoms with E-state index in [9.17, 15) is 0 Å². The molecule has 0 saturated carbocycles. The first-order chi connectivity index (χ1) is 4.22. The Kier molecular flexibility index (Phi) is 1.32. The molecule has 2 N–H and O–H groups in total. The molecular formula is C8H9N. The summed E-state index contributed by atoms with van der Waals surface area (Å²) < 4.78 is 0. The van der Waals surface area contributed by atoms with Crippen molar-refractivity contribution >= 4 is 5.69 Å². The van der Waals surface area contributed by atoms with Crippen molar-refractivity contribution in [3.63, 3.8) is 0 Å². The lowest BCUT2D eigenvalue weighted by Gasteiger charge is -1.96. The highest BCUT2D eigenvalue weighted by molar-refractivity contribution is 5.49. The second kappa shape index (κ2) is 1.99. The van der Waals surface area contributed by atoms with Gasteiger partial charge in [-0.15, -0.1) is 0 Å². The Bertz CT molecular complexity index is 196. The lowest BCUT2D eigenvalue weighted by Crippen LogP contribution is -1.90. The number of nitrogens with two attached hydrogens (primary N) is 1. The average molecular weight is 119 g/mol. The average Bonchev–Trinajstić information content (AvgIpc) is 1.83. The Morgan fingerprint density at radius 1 is 1.44 bits per heavy atom. The number of hydrogen-bond acceptors (Lipinski definition) is 1. The Balaban J connectivity index is 3.25. The maximum absolute atomic E-state index is 5.63. The third-order valence-electron chi connectivity index (χ3n) is 1.38. The van der Waals surface area contributed by atoms with E-state index in [1.807, 2.05) is 19.9 Å². The summed E-state index contributed by atoms with van der Waals surface area (Å²) in [6.45, 7) is 3.89. The molecule has 1 aromatic carbocycles. The zero-order chi connectivity index (χ0) is 6.85. The molecule has 0 atom stereocenters. The molecule has 0 saturated heterocycles. The predicted molar refractivity (Wildman–Crippen MR) is 38.0 cm³/mol. The zero-order valence-electron chi connectivity index (χ0n) is 5.65. The monoisotopic (exact) mass is 119 g/mol. The van der Waals surface area contributed by atoms with E-state index in [0.29, 0.717) is 0 Å². The summed E-state index contributed by atoms with van der Waals surface area (Å²) in [6, 6.07) is 7.59. The second-order valence-corrected chi connectivity index (χ2v) is 2.14. The zero-order valence-corrected chi connectivity index (χ0v) is 5.65. The smallest absolute Gasteiger partial charge is 0.0464 e. The van der Waals surface area contributed by atoms with Crippen molar-refractivity contribution in [2.24, 2.45) is 0 Å². The van der Waals surface area contributed by atoms with Gasteiger partial charge in [0, 0.05) is 11.3 Å². The van der Waals surface area contributed by atoms with Crippen LogP contribution < -0.4 is 5.73 Å². The van der Waals surface area contributed by atoms with E-state index in [1.54, 1.807) is 0 Å². The second-order valence-electron chi connectivity index (χ2n) is 2.14. The number of nitrogen functional groups attached to an aromatic ring is 1. The van der Waals surface area contributed by atoms with Crippen LogP contribution >= 0.6 is 0 Å². The molecule has 0 aliphatic heterocycles. The fourth-order valence-electron chi connectivity index (χ4n) is 0.693. The van der Waals surface area contributed by atoms with Crippen molar-refractivity contribution in [2.75, 3.05) is 5.73 Å². The van der Waals surface area contributed by atoms with Crippen LogP contribution in [0.15, 0.2) is 6.07 Å². The number of rotatable bonds is 0. The van der Waals surface area contributed by atoms with Crippen molar-refractivity contribution in [1.29, 1.82) is 0 Å². The Morgan fingerprint density at radius 2 is 2.11 bits per heavy atom. The summed E-state index contributed by atoms with van der Waals surface area (Å²) in [5.41, 5.74) is 8.51. The van der Waals surface area contributed by atoms with Crippen LogP contribution in [0.25, 0.3) is 0 Å². The van der Waals surface area contributed by atoms with Crippen LogP contribution in [0.2, 0.25) is 0 Å². The van der Waals surface area contributed by atoms with Crippen molar-refractivity contribution in [3.8, 4) is 0 Å². The van der Waals surface area contributed by atoms with Crippen molar-refractivity contribution < 1.29 is 0 Å². The van der Waals surface area contributed by atoms with Gasteiger partial charge in [0.1, 0.15) is 0 Å². The SMILES string of the molecule is Cc1c#ccc(C)c1N. The van der Waals surface area contributed by atoms with Crippen LogP contribution in [-0.4, -0.2) is 0 Å². The highest BCUT2D eigenvalue weighted by atomic mass is 14.6. The van der Waals surface area contributed by atoms with Crippen molar-refractivity contribution in [2.45, 2.75) is 13.8 Å². The van der Waals surface area contributed by atoms with Gasteiger partial charge < -0.3 is 5.73 Å². The Hall–Kier alpha value is -1.16. The summed E-state index contributed by atoms with van der Waals surface area (Å²) in [5.74, 6) is 0. The predicted octanol–water partition coefficient (Wildman–Crippen LogP) is 1.49. The molecule has 0 bridgehead atoms. The minimum Gasteiger partial charge on any atom is -0.398 e. The van der Waals surface area contributed by atoms with Crippen LogP contribution in [0.5, 0.6) is 0 Å². The fraction of sp³-hybridized carbons (Fsp3) is 0.250. The maximum Gasteiger partial charge on any atom is 0.0464 e. The quantitative estimate of drug-likeness (QED) is 0.550. The summed E-state index contributed by atoms with van der Waals surface area (Å²) >= 11 is 0. The molecule has 0 aliphatic carbocycles. The van der Waals surface area contributed by atoms with Crippen LogP contribution in [0.4, 0.5) is 5.69 Å². The topological polar surface area (TPSA) is 26.0 Å². The van der Waals surface area contributed by atoms with Crippen LogP contribution in [0.3, 0.4) is 0 Å². The molecular weight excluding hydrogens is 110 g/mol. The molecule has 0 spiro atoms. The first-order valence-electron chi connectivity index (χ1n) is 2.87. The third-order valence-corrected chi connectivity index (χ3v) is 1.38. The van der Waals surface area contributed by atoms with E-state index in [4.69, 9.17) is 5.73 Å². The van der Waals surface area contributed by atoms with Gasteiger partial charge in [-0.25, -0.2) is 0 Å². The molecule has 1 heteroatoms. The summed E-state index contributed by atoms with van der Waals surface area (Å²) in [7, 11) is 0. The van der Waals surface area contributed by atoms with E-state index in [1.165, 1.54) is 0 Å². The molecule has 1 rings (SSSR count). The van der Waals surface area contributed by atoms with Crippen LogP contribution in [-0.2, 0) is 0 Å². The minimum absolute atomic E-state index is 0.828. The summed E-state index contributed by atoms with van der Waals surface area (Å²) in [5, 5.41) is 0. The maximum atomic E-state index is 5.63. The van der Waals surface area contributed by atoms with E-state index >= 15 is 0 Å². The van der Waals surface area contributed by atoms with Crippen LogP contribution in [0.1, 0.15) is 11.1 Å². The minimum atomic E-state index is 0.828. The summed E-state index contributed by atoms with van der Waals surface area (Å²) in [6.07, 6.45) is 0. The van der Waals surface area contributed by atoms with Gasteiger partial charge in [0.25, 0.3) is 0 Å². The number of aryl methyl sites for hydroxylation is 1. The molecule has 0 heterocycles. The largest absolute Gasteiger partial charge is 0.398 e. The van der Waals surface area contributed by atoms with Gasteiger partial charge in [-0.2, -0.15) is 0 Å². The molecule has 0 aliphatic rings. The first kappa shape index (κ1) is 5.97. The Labute approximate surface area is 55.5 Å². The van der Waals surface area contributed by atoms with E-state index < -0.39 is 0 Å². The highest BCUT2D eigenvalue weighted by Crippen LogP contribution is 2.10. The van der Waals surface area contributed by atoms with Gasteiger partial charge in [0.05, 0.1) is 0 Å². The highest BCUT2D eigenvalue weighted by Gasteiger charge is 1.91. The van der Waals surface area contributed by atoms with E-state index in [0.717, 1.165) is 16.8 Å². The molecule has 0 radical (unpaired) electrons. The first-order valence-corrected chi connectivity index (χ1v) is 2.87. The molecule has 9 heavy (non-hydrogen) atoms. The normalized spacial score (nSPS) is 8.67. The van der Waals surface area contributed by atoms with Crippen molar-refractivity contribution in [3.05, 3.63) is 29.3 Å². The summed E-state index contributed by atoms with van der Waals surface area (Å²) in [4.78, 5) is 0. The molecule has 1 nitrogen and oxygen atoms in total. The van der Waals surface area contributed by atoms with Gasteiger partial charge in [0.15, 0.2) is 0 Å². The van der Waals surface area contributed by atoms with E-state index in [-0.39, 0.29) is 0 Å². The van der Waals surface area contributed by atoms with Gasteiger partial charge in [-0.1, -0.05) is 12.1 Å². The van der Waals surface area contributed by atoms with E-state index in [2.05, 4.69) is 12.1 Å². The van der Waals surface area contributed by atoms with Gasteiger partial charge in [-0.3, -0.25) is 0 Å². The lowest BCUT2D eigenvalue weighted by atomic mass is 10.1. The molecule has 1 aromatic rings. The van der Waals surface area contributed by atoms with Gasteiger partial charge >= 0.3 is 0 Å². The Morgan fingerprint density at radius 3 is 2.56 bits per heavy atom. The van der Waals surface area contributed by atoms with Crippen LogP contribution in [0, 0.1) is 26.0 Å². The number of hydrogen-bond donors (Lipinski definition) is 1. The number of anilines is 1. The lowest BCUT2D eigenvalue weighted by molar-refractivity contribution is 1.40. The molecule has 0 fully saturated rings. The molecule has 0 aromatic heterocycles. The van der Waals surface area contributed by atoms with Gasteiger partial charge in [-0.05, 0) is 25.5 Å². The standard InChI is InChI=1S/C8H9N/c1-6-4-3-5-7(2)8(6)9/h4H,9H2,1-2H3. The van der Waals surface area contributed by atoms with Gasteiger partial charge in [0.2, 0.25) is 0 Å². The molecule has 0 amide bonds. The molecule has 46 valence electrons. The van der Waals surface area contributed by atoms with Crippen molar-refractivity contribution in [1.82, 2.24) is 0 Å².